The first kappa shape index (κ1) is 13.9. The van der Waals surface area contributed by atoms with E-state index in [0.29, 0.717) is 19.1 Å². The topological polar surface area (TPSA) is 40.5 Å². The summed E-state index contributed by atoms with van der Waals surface area (Å²) in [5.41, 5.74) is 0. The van der Waals surface area contributed by atoms with Crippen LogP contribution in [0.1, 0.15) is 52.4 Å². The fourth-order valence-electron chi connectivity index (χ4n) is 1.54. The zero-order valence-electron chi connectivity index (χ0n) is 9.63. The van der Waals surface area contributed by atoms with Gasteiger partial charge in [0.2, 0.25) is 0 Å². The minimum atomic E-state index is 0.297. The van der Waals surface area contributed by atoms with Crippen molar-refractivity contribution in [1.82, 2.24) is 0 Å². The number of rotatable bonds is 9. The van der Waals surface area contributed by atoms with Crippen LogP contribution >= 0.6 is 0 Å². The molecule has 85 valence electrons. The lowest BCUT2D eigenvalue weighted by Gasteiger charge is -2.14. The molecule has 0 fully saturated rings. The molecule has 0 aromatic rings. The fourth-order valence-corrected chi connectivity index (χ4v) is 1.54. The second kappa shape index (κ2) is 9.47. The third-order valence-electron chi connectivity index (χ3n) is 2.58. The minimum absolute atomic E-state index is 0.297. The predicted octanol–water partition coefficient (Wildman–Crippen LogP) is 2.54. The highest BCUT2D eigenvalue weighted by Crippen LogP contribution is 2.18. The van der Waals surface area contributed by atoms with Crippen LogP contribution in [0.5, 0.6) is 0 Å². The van der Waals surface area contributed by atoms with Gasteiger partial charge in [0.15, 0.2) is 0 Å². The van der Waals surface area contributed by atoms with Gasteiger partial charge >= 0.3 is 0 Å². The third-order valence-corrected chi connectivity index (χ3v) is 2.58. The molecule has 0 aromatic carbocycles. The first-order valence-electron chi connectivity index (χ1n) is 5.71. The summed E-state index contributed by atoms with van der Waals surface area (Å²) in [6.45, 7) is 4.89. The molecular weight excluding hydrogens is 176 g/mol. The van der Waals surface area contributed by atoms with E-state index in [1.165, 1.54) is 5.92 Å². The van der Waals surface area contributed by atoms with E-state index in [1.54, 1.807) is 0 Å². The summed E-state index contributed by atoms with van der Waals surface area (Å²) < 4.78 is 0. The minimum Gasteiger partial charge on any atom is -0.396 e. The molecule has 2 heteroatoms. The molecule has 0 bridgehead atoms. The van der Waals surface area contributed by atoms with Gasteiger partial charge in [-0.05, 0) is 37.5 Å². The maximum Gasteiger partial charge on any atom is 0.0459 e. The molecule has 2 nitrogen and oxygen atoms in total. The molecule has 0 saturated heterocycles. The molecular formula is C12H25O2. The first-order valence-corrected chi connectivity index (χ1v) is 5.71. The molecule has 2 N–H and O–H groups in total. The van der Waals surface area contributed by atoms with Gasteiger partial charge in [-0.25, -0.2) is 0 Å². The van der Waals surface area contributed by atoms with E-state index in [9.17, 15) is 0 Å². The van der Waals surface area contributed by atoms with Crippen molar-refractivity contribution in [1.29, 1.82) is 0 Å². The number of aliphatic hydroxyl groups is 2. The zero-order chi connectivity index (χ0) is 10.8. The van der Waals surface area contributed by atoms with Crippen LogP contribution in [0.3, 0.4) is 0 Å². The maximum absolute atomic E-state index is 9.14. The van der Waals surface area contributed by atoms with E-state index in [4.69, 9.17) is 10.2 Å². The molecule has 1 radical (unpaired) electrons. The van der Waals surface area contributed by atoms with Gasteiger partial charge < -0.3 is 10.2 Å². The molecule has 0 aromatic heterocycles. The van der Waals surface area contributed by atoms with E-state index in [1.807, 2.05) is 0 Å². The summed E-state index contributed by atoms with van der Waals surface area (Å²) in [6.07, 6.45) is 6.46. The lowest BCUT2D eigenvalue weighted by Crippen LogP contribution is -2.07. The lowest BCUT2D eigenvalue weighted by molar-refractivity contribution is 0.204. The SMILES string of the molecule is C[C](C)CCC(CO)CCCCCO. The van der Waals surface area contributed by atoms with E-state index in [0.717, 1.165) is 38.5 Å². The van der Waals surface area contributed by atoms with Crippen LogP contribution in [-0.4, -0.2) is 23.4 Å². The van der Waals surface area contributed by atoms with Crippen LogP contribution in [0, 0.1) is 11.8 Å². The van der Waals surface area contributed by atoms with Crippen LogP contribution < -0.4 is 0 Å². The lowest BCUT2D eigenvalue weighted by atomic mass is 9.94. The molecule has 0 rings (SSSR count). The van der Waals surface area contributed by atoms with E-state index in [-0.39, 0.29) is 0 Å². The summed E-state index contributed by atoms with van der Waals surface area (Å²) in [4.78, 5) is 0. The molecule has 0 aliphatic carbocycles. The largest absolute Gasteiger partial charge is 0.396 e. The number of hydrogen-bond acceptors (Lipinski definition) is 2. The second-order valence-corrected chi connectivity index (χ2v) is 4.37. The van der Waals surface area contributed by atoms with Gasteiger partial charge in [-0.3, -0.25) is 0 Å². The first-order chi connectivity index (χ1) is 6.70. The highest BCUT2D eigenvalue weighted by Gasteiger charge is 2.07. The van der Waals surface area contributed by atoms with E-state index < -0.39 is 0 Å². The molecule has 0 aliphatic heterocycles. The Hall–Kier alpha value is -0.0800. The Morgan fingerprint density at radius 2 is 1.71 bits per heavy atom. The number of aliphatic hydroxyl groups excluding tert-OH is 2. The molecule has 0 heterocycles. The summed E-state index contributed by atoms with van der Waals surface area (Å²) >= 11 is 0. The van der Waals surface area contributed by atoms with E-state index >= 15 is 0 Å². The Labute approximate surface area is 88.3 Å². The second-order valence-electron chi connectivity index (χ2n) is 4.37. The van der Waals surface area contributed by atoms with Crippen LogP contribution in [0.4, 0.5) is 0 Å². The quantitative estimate of drug-likeness (QED) is 0.563. The Balaban J connectivity index is 3.38. The molecule has 0 amide bonds. The van der Waals surface area contributed by atoms with Crippen LogP contribution in [0.15, 0.2) is 0 Å². The van der Waals surface area contributed by atoms with Crippen molar-refractivity contribution in [3.63, 3.8) is 0 Å². The monoisotopic (exact) mass is 201 g/mol. The van der Waals surface area contributed by atoms with Crippen molar-refractivity contribution in [2.75, 3.05) is 13.2 Å². The van der Waals surface area contributed by atoms with Crippen molar-refractivity contribution < 1.29 is 10.2 Å². The summed E-state index contributed by atoms with van der Waals surface area (Å²) in [5.74, 6) is 1.91. The molecule has 0 spiro atoms. The van der Waals surface area contributed by atoms with Crippen molar-refractivity contribution in [2.24, 2.45) is 5.92 Å². The molecule has 1 atom stereocenters. The predicted molar refractivity (Wildman–Crippen MR) is 60.0 cm³/mol. The standard InChI is InChI=1S/C12H25O2/c1-11(2)7-8-12(10-14)6-4-3-5-9-13/h12-14H,3-10H2,1-2H3. The van der Waals surface area contributed by atoms with Crippen LogP contribution in [0.25, 0.3) is 0 Å². The average Bonchev–Trinajstić information content (AvgIpc) is 2.16. The summed E-state index contributed by atoms with van der Waals surface area (Å²) in [5, 5.41) is 17.7. The van der Waals surface area contributed by atoms with Crippen LogP contribution in [-0.2, 0) is 0 Å². The maximum atomic E-state index is 9.14. The van der Waals surface area contributed by atoms with Gasteiger partial charge in [-0.15, -0.1) is 0 Å². The van der Waals surface area contributed by atoms with Crippen molar-refractivity contribution in [3.8, 4) is 0 Å². The van der Waals surface area contributed by atoms with Crippen molar-refractivity contribution in [2.45, 2.75) is 52.4 Å². The average molecular weight is 201 g/mol. The normalized spacial score (nSPS) is 13.5. The molecule has 1 unspecified atom stereocenters. The Morgan fingerprint density at radius 3 is 2.21 bits per heavy atom. The van der Waals surface area contributed by atoms with Gasteiger partial charge in [0, 0.05) is 13.2 Å². The van der Waals surface area contributed by atoms with Gasteiger partial charge in [0.25, 0.3) is 0 Å². The Kier molecular flexibility index (Phi) is 9.42. The smallest absolute Gasteiger partial charge is 0.0459 e. The summed E-state index contributed by atoms with van der Waals surface area (Å²) in [7, 11) is 0. The highest BCUT2D eigenvalue weighted by molar-refractivity contribution is 4.77. The van der Waals surface area contributed by atoms with Gasteiger partial charge in [-0.2, -0.15) is 0 Å². The van der Waals surface area contributed by atoms with Crippen molar-refractivity contribution >= 4 is 0 Å². The van der Waals surface area contributed by atoms with Crippen molar-refractivity contribution in [3.05, 3.63) is 5.92 Å². The van der Waals surface area contributed by atoms with Gasteiger partial charge in [0.1, 0.15) is 0 Å². The van der Waals surface area contributed by atoms with Gasteiger partial charge in [-0.1, -0.05) is 26.7 Å². The van der Waals surface area contributed by atoms with E-state index in [2.05, 4.69) is 13.8 Å². The Bertz CT molecular complexity index is 113. The number of unbranched alkanes of at least 4 members (excludes halogenated alkanes) is 2. The molecule has 0 saturated carbocycles. The number of hydrogen-bond donors (Lipinski definition) is 2. The molecule has 14 heavy (non-hydrogen) atoms. The summed E-state index contributed by atoms with van der Waals surface area (Å²) in [6, 6.07) is 0. The Morgan fingerprint density at radius 1 is 1.00 bits per heavy atom. The fraction of sp³-hybridized carbons (Fsp3) is 0.917. The highest BCUT2D eigenvalue weighted by atomic mass is 16.3. The molecule has 0 aliphatic rings. The zero-order valence-corrected chi connectivity index (χ0v) is 9.63. The third kappa shape index (κ3) is 8.52. The van der Waals surface area contributed by atoms with Gasteiger partial charge in [0.05, 0.1) is 0 Å². The van der Waals surface area contributed by atoms with Crippen LogP contribution in [0.2, 0.25) is 0 Å².